The Morgan fingerprint density at radius 2 is 1.94 bits per heavy atom. The first-order chi connectivity index (χ1) is 15.0. The summed E-state index contributed by atoms with van der Waals surface area (Å²) < 4.78 is 1.86. The number of thiophene rings is 1. The van der Waals surface area contributed by atoms with Crippen molar-refractivity contribution in [3.63, 3.8) is 0 Å². The molecule has 0 saturated carbocycles. The van der Waals surface area contributed by atoms with E-state index in [4.69, 9.17) is 4.98 Å². The lowest BCUT2D eigenvalue weighted by atomic mass is 10.0. The number of aryl methyl sites for hydroxylation is 1. The minimum absolute atomic E-state index is 0.0976. The van der Waals surface area contributed by atoms with Gasteiger partial charge in [-0.1, -0.05) is 55.6 Å². The predicted octanol–water partition coefficient (Wildman–Crippen LogP) is 6.19. The number of thioether (sulfide) groups is 1. The van der Waals surface area contributed by atoms with Crippen LogP contribution in [0.25, 0.3) is 15.9 Å². The largest absolute Gasteiger partial charge is 0.296 e. The van der Waals surface area contributed by atoms with Gasteiger partial charge in [-0.15, -0.1) is 11.3 Å². The van der Waals surface area contributed by atoms with Gasteiger partial charge >= 0.3 is 0 Å². The summed E-state index contributed by atoms with van der Waals surface area (Å²) in [5.41, 5.74) is 3.44. The summed E-state index contributed by atoms with van der Waals surface area (Å²) in [6, 6.07) is 8.76. The molecule has 0 unspecified atom stereocenters. The number of aromatic nitrogens is 2. The Morgan fingerprint density at radius 3 is 2.65 bits per heavy atom. The summed E-state index contributed by atoms with van der Waals surface area (Å²) in [4.78, 5) is 23.6. The highest BCUT2D eigenvalue weighted by Gasteiger charge is 2.26. The lowest BCUT2D eigenvalue weighted by molar-refractivity contribution is 0.206. The van der Waals surface area contributed by atoms with Gasteiger partial charge in [0.1, 0.15) is 4.83 Å². The zero-order valence-electron chi connectivity index (χ0n) is 19.1. The van der Waals surface area contributed by atoms with E-state index >= 15 is 0 Å². The van der Waals surface area contributed by atoms with E-state index < -0.39 is 0 Å². The minimum atomic E-state index is 0.0976. The molecule has 0 atom stereocenters. The maximum Gasteiger partial charge on any atom is 0.267 e. The highest BCUT2D eigenvalue weighted by molar-refractivity contribution is 7.99. The average molecular weight is 456 g/mol. The SMILES string of the molecule is CCCCCCSc1nc2sc3c(c2c(=O)n1-c1ccc(C)cc1)CCN(C(C)C)C3. The highest BCUT2D eigenvalue weighted by Crippen LogP contribution is 2.35. The molecule has 0 N–H and O–H groups in total. The van der Waals surface area contributed by atoms with Gasteiger partial charge in [0.25, 0.3) is 5.56 Å². The summed E-state index contributed by atoms with van der Waals surface area (Å²) in [6.07, 6.45) is 5.82. The first kappa shape index (κ1) is 22.6. The van der Waals surface area contributed by atoms with Gasteiger partial charge in [-0.25, -0.2) is 4.98 Å². The zero-order valence-corrected chi connectivity index (χ0v) is 20.7. The number of benzene rings is 1. The number of hydrogen-bond acceptors (Lipinski definition) is 5. The molecule has 2 aromatic heterocycles. The maximum atomic E-state index is 13.8. The number of rotatable bonds is 8. The van der Waals surface area contributed by atoms with Gasteiger partial charge in [-0.3, -0.25) is 14.3 Å². The molecule has 0 bridgehead atoms. The van der Waals surface area contributed by atoms with Crippen molar-refractivity contribution in [1.29, 1.82) is 0 Å². The molecule has 1 aliphatic rings. The summed E-state index contributed by atoms with van der Waals surface area (Å²) in [6.45, 7) is 10.7. The molecular formula is C25H33N3OS2. The molecule has 0 fully saturated rings. The molecule has 3 aromatic rings. The molecule has 166 valence electrons. The number of fused-ring (bicyclic) bond motifs is 3. The summed E-state index contributed by atoms with van der Waals surface area (Å²) in [5.74, 6) is 0.996. The van der Waals surface area contributed by atoms with E-state index in [-0.39, 0.29) is 5.56 Å². The van der Waals surface area contributed by atoms with Crippen LogP contribution in [0, 0.1) is 6.92 Å². The molecule has 4 rings (SSSR count). The first-order valence-corrected chi connectivity index (χ1v) is 13.3. The van der Waals surface area contributed by atoms with Crippen LogP contribution in [-0.2, 0) is 13.0 Å². The van der Waals surface area contributed by atoms with Crippen LogP contribution in [-0.4, -0.2) is 32.8 Å². The van der Waals surface area contributed by atoms with Crippen molar-refractivity contribution in [2.24, 2.45) is 0 Å². The average Bonchev–Trinajstić information content (AvgIpc) is 3.12. The standard InChI is InChI=1S/C25H33N3OS2/c1-5-6-7-8-15-30-25-26-23-22(20-13-14-27(17(2)3)16-21(20)31-23)24(29)28(25)19-11-9-18(4)10-12-19/h9-12,17H,5-8,13-16H2,1-4H3. The van der Waals surface area contributed by atoms with Crippen LogP contribution in [0.3, 0.4) is 0 Å². The van der Waals surface area contributed by atoms with E-state index in [1.165, 1.54) is 35.3 Å². The predicted molar refractivity (Wildman–Crippen MR) is 134 cm³/mol. The molecule has 3 heterocycles. The van der Waals surface area contributed by atoms with E-state index in [1.54, 1.807) is 23.1 Å². The molecule has 6 heteroatoms. The van der Waals surface area contributed by atoms with E-state index in [2.05, 4.69) is 44.7 Å². The van der Waals surface area contributed by atoms with Crippen LogP contribution in [0.5, 0.6) is 0 Å². The Labute approximate surface area is 193 Å². The second-order valence-electron chi connectivity index (χ2n) is 8.78. The van der Waals surface area contributed by atoms with Crippen molar-refractivity contribution in [2.45, 2.75) is 77.5 Å². The first-order valence-electron chi connectivity index (χ1n) is 11.5. The molecule has 1 aromatic carbocycles. The third-order valence-electron chi connectivity index (χ3n) is 6.12. The molecule has 0 radical (unpaired) electrons. The van der Waals surface area contributed by atoms with Crippen molar-refractivity contribution in [3.8, 4) is 5.69 Å². The van der Waals surface area contributed by atoms with Crippen LogP contribution >= 0.6 is 23.1 Å². The fourth-order valence-corrected chi connectivity index (χ4v) is 6.49. The zero-order chi connectivity index (χ0) is 22.0. The lowest BCUT2D eigenvalue weighted by Gasteiger charge is -2.30. The van der Waals surface area contributed by atoms with Crippen molar-refractivity contribution < 1.29 is 0 Å². The number of unbranched alkanes of at least 4 members (excludes halogenated alkanes) is 3. The number of nitrogens with zero attached hydrogens (tertiary/aromatic N) is 3. The van der Waals surface area contributed by atoms with Crippen molar-refractivity contribution in [1.82, 2.24) is 14.5 Å². The normalized spacial score (nSPS) is 14.5. The van der Waals surface area contributed by atoms with Gasteiger partial charge in [-0.2, -0.15) is 0 Å². The van der Waals surface area contributed by atoms with Gasteiger partial charge in [-0.05, 0) is 51.3 Å². The van der Waals surface area contributed by atoms with Crippen molar-refractivity contribution >= 4 is 33.3 Å². The molecule has 0 amide bonds. The lowest BCUT2D eigenvalue weighted by Crippen LogP contribution is -2.35. The van der Waals surface area contributed by atoms with Gasteiger partial charge in [0.2, 0.25) is 0 Å². The quantitative estimate of drug-likeness (QED) is 0.230. The molecule has 31 heavy (non-hydrogen) atoms. The third kappa shape index (κ3) is 4.76. The minimum Gasteiger partial charge on any atom is -0.296 e. The van der Waals surface area contributed by atoms with Gasteiger partial charge < -0.3 is 0 Å². The smallest absolute Gasteiger partial charge is 0.267 e. The maximum absolute atomic E-state index is 13.8. The van der Waals surface area contributed by atoms with Crippen LogP contribution in [0.4, 0.5) is 0 Å². The Hall–Kier alpha value is -1.63. The molecule has 0 saturated heterocycles. The van der Waals surface area contributed by atoms with Gasteiger partial charge in [0, 0.05) is 29.8 Å². The second-order valence-corrected chi connectivity index (χ2v) is 10.9. The molecule has 4 nitrogen and oxygen atoms in total. The molecular weight excluding hydrogens is 422 g/mol. The van der Waals surface area contributed by atoms with E-state index in [0.29, 0.717) is 6.04 Å². The monoisotopic (exact) mass is 455 g/mol. The van der Waals surface area contributed by atoms with E-state index in [1.807, 2.05) is 16.7 Å². The van der Waals surface area contributed by atoms with Crippen molar-refractivity contribution in [2.75, 3.05) is 12.3 Å². The van der Waals surface area contributed by atoms with E-state index in [0.717, 1.165) is 52.7 Å². The van der Waals surface area contributed by atoms with Crippen LogP contribution in [0.2, 0.25) is 0 Å². The Morgan fingerprint density at radius 1 is 1.16 bits per heavy atom. The molecule has 1 aliphatic heterocycles. The van der Waals surface area contributed by atoms with Crippen LogP contribution < -0.4 is 5.56 Å². The topological polar surface area (TPSA) is 38.1 Å². The van der Waals surface area contributed by atoms with Crippen LogP contribution in [0.15, 0.2) is 34.2 Å². The summed E-state index contributed by atoms with van der Waals surface area (Å²) in [5, 5.41) is 1.68. The second kappa shape index (κ2) is 9.88. The highest BCUT2D eigenvalue weighted by atomic mass is 32.2. The Kier molecular flexibility index (Phi) is 7.19. The fourth-order valence-electron chi connectivity index (χ4n) is 4.20. The summed E-state index contributed by atoms with van der Waals surface area (Å²) in [7, 11) is 0. The fraction of sp³-hybridized carbons (Fsp3) is 0.520. The third-order valence-corrected chi connectivity index (χ3v) is 8.26. The Balaban J connectivity index is 1.78. The number of hydrogen-bond donors (Lipinski definition) is 0. The molecule has 0 aliphatic carbocycles. The van der Waals surface area contributed by atoms with Crippen molar-refractivity contribution in [3.05, 3.63) is 50.6 Å². The van der Waals surface area contributed by atoms with Crippen LogP contribution in [0.1, 0.15) is 62.5 Å². The van der Waals surface area contributed by atoms with Gasteiger partial charge in [0.15, 0.2) is 5.16 Å². The summed E-state index contributed by atoms with van der Waals surface area (Å²) >= 11 is 3.45. The Bertz CT molecular complexity index is 1100. The van der Waals surface area contributed by atoms with E-state index in [9.17, 15) is 4.79 Å². The molecule has 0 spiro atoms. The van der Waals surface area contributed by atoms with Gasteiger partial charge in [0.05, 0.1) is 11.1 Å².